The minimum Gasteiger partial charge on any atom is -0.357 e. The quantitative estimate of drug-likeness (QED) is 0.684. The van der Waals surface area contributed by atoms with Gasteiger partial charge in [-0.05, 0) is 12.1 Å². The molecule has 0 aromatic heterocycles. The maximum Gasteiger partial charge on any atom is 0.253 e. The molecule has 0 aliphatic rings. The maximum absolute atomic E-state index is 11.7. The Labute approximate surface area is 109 Å². The van der Waals surface area contributed by atoms with Gasteiger partial charge in [0.25, 0.3) is 5.91 Å². The highest BCUT2D eigenvalue weighted by Gasteiger charge is 2.34. The van der Waals surface area contributed by atoms with Crippen molar-refractivity contribution in [2.24, 2.45) is 0 Å². The smallest absolute Gasteiger partial charge is 0.253 e. The van der Waals surface area contributed by atoms with Gasteiger partial charge < -0.3 is 10.1 Å². The number of methoxy groups -OCH3 is 1. The molecule has 0 saturated heterocycles. The molecular formula is C10H10Cl3NO2. The lowest BCUT2D eigenvalue weighted by molar-refractivity contribution is 0.0596. The number of hydrogen-bond acceptors (Lipinski definition) is 2. The van der Waals surface area contributed by atoms with Gasteiger partial charge in [-0.1, -0.05) is 53.0 Å². The van der Waals surface area contributed by atoms with E-state index in [-0.39, 0.29) is 5.91 Å². The average molecular weight is 283 g/mol. The Balaban J connectivity index is 2.71. The van der Waals surface area contributed by atoms with E-state index < -0.39 is 10.0 Å². The summed E-state index contributed by atoms with van der Waals surface area (Å²) in [5.74, 6) is -0.362. The number of ether oxygens (including phenoxy) is 1. The maximum atomic E-state index is 11.7. The van der Waals surface area contributed by atoms with Crippen molar-refractivity contribution in [2.45, 2.75) is 10.0 Å². The Morgan fingerprint density at radius 1 is 1.31 bits per heavy atom. The number of carbonyl (C=O) groups excluding carboxylic acids is 1. The molecule has 1 aromatic carbocycles. The largest absolute Gasteiger partial charge is 0.357 e. The van der Waals surface area contributed by atoms with E-state index in [9.17, 15) is 4.79 Å². The van der Waals surface area contributed by atoms with Crippen LogP contribution in [0.2, 0.25) is 0 Å². The van der Waals surface area contributed by atoms with Crippen LogP contribution in [0.5, 0.6) is 0 Å². The molecule has 6 heteroatoms. The van der Waals surface area contributed by atoms with E-state index in [0.29, 0.717) is 5.56 Å². The van der Waals surface area contributed by atoms with Crippen LogP contribution in [0.4, 0.5) is 0 Å². The third kappa shape index (κ3) is 3.83. The number of nitrogens with one attached hydrogen (secondary N) is 1. The Hall–Kier alpha value is -0.480. The van der Waals surface area contributed by atoms with Gasteiger partial charge in [0.2, 0.25) is 3.79 Å². The predicted molar refractivity (Wildman–Crippen MR) is 65.0 cm³/mol. The van der Waals surface area contributed by atoms with E-state index in [2.05, 4.69) is 5.32 Å². The van der Waals surface area contributed by atoms with Gasteiger partial charge in [0.05, 0.1) is 0 Å². The van der Waals surface area contributed by atoms with Crippen molar-refractivity contribution in [2.75, 3.05) is 7.11 Å². The highest BCUT2D eigenvalue weighted by Crippen LogP contribution is 2.30. The highest BCUT2D eigenvalue weighted by atomic mass is 35.6. The molecule has 88 valence electrons. The van der Waals surface area contributed by atoms with Gasteiger partial charge in [-0.2, -0.15) is 0 Å². The Morgan fingerprint density at radius 2 is 1.88 bits per heavy atom. The van der Waals surface area contributed by atoms with Gasteiger partial charge in [0, 0.05) is 12.7 Å². The second kappa shape index (κ2) is 5.73. The van der Waals surface area contributed by atoms with E-state index in [1.165, 1.54) is 7.11 Å². The fourth-order valence-electron chi connectivity index (χ4n) is 1.07. The third-order valence-electron chi connectivity index (χ3n) is 1.83. The second-order valence-corrected chi connectivity index (χ2v) is 5.37. The van der Waals surface area contributed by atoms with Gasteiger partial charge in [-0.3, -0.25) is 4.79 Å². The van der Waals surface area contributed by atoms with Crippen LogP contribution in [0.25, 0.3) is 0 Å². The highest BCUT2D eigenvalue weighted by molar-refractivity contribution is 6.68. The summed E-state index contributed by atoms with van der Waals surface area (Å²) in [5.41, 5.74) is 0.471. The zero-order valence-electron chi connectivity index (χ0n) is 8.41. The Bertz CT molecular complexity index is 351. The Morgan fingerprint density at radius 3 is 2.31 bits per heavy atom. The van der Waals surface area contributed by atoms with Crippen molar-refractivity contribution in [1.29, 1.82) is 0 Å². The summed E-state index contributed by atoms with van der Waals surface area (Å²) < 4.78 is 3.17. The molecule has 0 unspecified atom stereocenters. The van der Waals surface area contributed by atoms with Crippen LogP contribution >= 0.6 is 34.8 Å². The number of halogens is 3. The summed E-state index contributed by atoms with van der Waals surface area (Å²) in [6, 6.07) is 8.60. The first-order valence-electron chi connectivity index (χ1n) is 4.40. The van der Waals surface area contributed by atoms with Crippen molar-refractivity contribution >= 4 is 40.7 Å². The normalized spacial score (nSPS) is 13.2. The number of alkyl halides is 3. The van der Waals surface area contributed by atoms with Crippen LogP contribution < -0.4 is 5.32 Å². The van der Waals surface area contributed by atoms with Crippen LogP contribution in [0.3, 0.4) is 0 Å². The molecule has 0 radical (unpaired) electrons. The van der Waals surface area contributed by atoms with Crippen LogP contribution in [-0.4, -0.2) is 23.0 Å². The topological polar surface area (TPSA) is 38.3 Å². The van der Waals surface area contributed by atoms with E-state index in [0.717, 1.165) is 0 Å². The SMILES string of the molecule is CO[C@H](NC(=O)c1ccccc1)C(Cl)(Cl)Cl. The zero-order valence-corrected chi connectivity index (χ0v) is 10.7. The molecule has 0 aliphatic heterocycles. The monoisotopic (exact) mass is 281 g/mol. The second-order valence-electron chi connectivity index (χ2n) is 3.00. The van der Waals surface area contributed by atoms with E-state index in [1.807, 2.05) is 0 Å². The Kier molecular flexibility index (Phi) is 4.87. The minimum absolute atomic E-state index is 0.362. The van der Waals surface area contributed by atoms with Crippen molar-refractivity contribution in [3.8, 4) is 0 Å². The molecule has 0 spiro atoms. The van der Waals surface area contributed by atoms with E-state index in [1.54, 1.807) is 30.3 Å². The van der Waals surface area contributed by atoms with Crippen molar-refractivity contribution in [1.82, 2.24) is 5.32 Å². The van der Waals surface area contributed by atoms with Crippen LogP contribution in [0.15, 0.2) is 30.3 Å². The van der Waals surface area contributed by atoms with Gasteiger partial charge in [0.1, 0.15) is 0 Å². The molecule has 3 nitrogen and oxygen atoms in total. The molecule has 1 amide bonds. The molecule has 16 heavy (non-hydrogen) atoms. The summed E-state index contributed by atoms with van der Waals surface area (Å²) >= 11 is 16.9. The first-order chi connectivity index (χ1) is 7.45. The van der Waals surface area contributed by atoms with Gasteiger partial charge in [-0.15, -0.1) is 0 Å². The number of hydrogen-bond donors (Lipinski definition) is 1. The number of amides is 1. The lowest BCUT2D eigenvalue weighted by Crippen LogP contribution is -2.45. The molecule has 1 atom stereocenters. The third-order valence-corrected chi connectivity index (χ3v) is 2.43. The average Bonchev–Trinajstić information content (AvgIpc) is 2.25. The molecule has 0 aliphatic carbocycles. The predicted octanol–water partition coefficient (Wildman–Crippen LogP) is 2.76. The number of rotatable bonds is 3. The minimum atomic E-state index is -1.71. The van der Waals surface area contributed by atoms with Crippen LogP contribution in [-0.2, 0) is 4.74 Å². The van der Waals surface area contributed by atoms with Gasteiger partial charge in [-0.25, -0.2) is 0 Å². The summed E-state index contributed by atoms with van der Waals surface area (Å²) in [6.07, 6.45) is -0.995. The standard InChI is InChI=1S/C10H10Cl3NO2/c1-16-9(10(11,12)13)14-8(15)7-5-3-2-4-6-7/h2-6,9H,1H3,(H,14,15)/t9-/m0/s1. The van der Waals surface area contributed by atoms with Crippen LogP contribution in [0.1, 0.15) is 10.4 Å². The van der Waals surface area contributed by atoms with E-state index in [4.69, 9.17) is 39.5 Å². The summed E-state index contributed by atoms with van der Waals surface area (Å²) in [4.78, 5) is 11.7. The lowest BCUT2D eigenvalue weighted by Gasteiger charge is -2.23. The fourth-order valence-corrected chi connectivity index (χ4v) is 1.50. The summed E-state index contributed by atoms with van der Waals surface area (Å²) in [5, 5.41) is 2.47. The van der Waals surface area contributed by atoms with Crippen molar-refractivity contribution < 1.29 is 9.53 Å². The van der Waals surface area contributed by atoms with Gasteiger partial charge >= 0.3 is 0 Å². The molecule has 0 heterocycles. The van der Waals surface area contributed by atoms with Crippen LogP contribution in [0, 0.1) is 0 Å². The fraction of sp³-hybridized carbons (Fsp3) is 0.300. The number of benzene rings is 1. The summed E-state index contributed by atoms with van der Waals surface area (Å²) in [6.45, 7) is 0. The molecular weight excluding hydrogens is 272 g/mol. The zero-order chi connectivity index (χ0) is 12.2. The molecule has 1 N–H and O–H groups in total. The van der Waals surface area contributed by atoms with Crippen molar-refractivity contribution in [3.63, 3.8) is 0 Å². The summed E-state index contributed by atoms with van der Waals surface area (Å²) in [7, 11) is 1.35. The van der Waals surface area contributed by atoms with Crippen molar-refractivity contribution in [3.05, 3.63) is 35.9 Å². The molecule has 1 aromatic rings. The lowest BCUT2D eigenvalue weighted by atomic mass is 10.2. The van der Waals surface area contributed by atoms with Gasteiger partial charge in [0.15, 0.2) is 6.23 Å². The number of carbonyl (C=O) groups is 1. The first-order valence-corrected chi connectivity index (χ1v) is 5.54. The molecule has 0 fully saturated rings. The molecule has 0 saturated carbocycles. The van der Waals surface area contributed by atoms with E-state index >= 15 is 0 Å². The molecule has 1 rings (SSSR count). The molecule has 0 bridgehead atoms. The first kappa shape index (κ1) is 13.6.